The molecule has 0 spiro atoms. The van der Waals surface area contributed by atoms with Gasteiger partial charge in [-0.2, -0.15) is 0 Å². The van der Waals surface area contributed by atoms with Crippen LogP contribution in [0.1, 0.15) is 27.3 Å². The van der Waals surface area contributed by atoms with E-state index in [0.717, 1.165) is 16.6 Å². The molecule has 0 saturated heterocycles. The lowest BCUT2D eigenvalue weighted by atomic mass is 10.0. The highest BCUT2D eigenvalue weighted by Crippen LogP contribution is 2.27. The molecule has 4 heteroatoms. The van der Waals surface area contributed by atoms with Crippen molar-refractivity contribution >= 4 is 39.6 Å². The van der Waals surface area contributed by atoms with Crippen molar-refractivity contribution in [3.8, 4) is 0 Å². The summed E-state index contributed by atoms with van der Waals surface area (Å²) in [5.74, 6) is 0.755. The molecule has 4 nitrogen and oxygen atoms in total. The van der Waals surface area contributed by atoms with Gasteiger partial charge >= 0.3 is 5.97 Å². The van der Waals surface area contributed by atoms with Gasteiger partial charge in [0.1, 0.15) is 11.6 Å². The van der Waals surface area contributed by atoms with Crippen molar-refractivity contribution in [3.05, 3.63) is 150 Å². The second-order valence-corrected chi connectivity index (χ2v) is 8.81. The van der Waals surface area contributed by atoms with E-state index in [4.69, 9.17) is 9.72 Å². The van der Waals surface area contributed by atoms with Crippen molar-refractivity contribution in [3.63, 3.8) is 0 Å². The third-order valence-corrected chi connectivity index (χ3v) is 6.42. The minimum absolute atomic E-state index is 0.410. The van der Waals surface area contributed by atoms with Crippen LogP contribution in [0.3, 0.4) is 0 Å². The molecule has 0 unspecified atom stereocenters. The minimum Gasteiger partial charge on any atom is -0.422 e. The van der Waals surface area contributed by atoms with Crippen LogP contribution >= 0.6 is 0 Å². The van der Waals surface area contributed by atoms with E-state index in [1.54, 1.807) is 12.1 Å². The average molecular weight is 481 g/mol. The molecule has 1 aromatic heterocycles. The molecule has 5 aromatic carbocycles. The SMILES string of the molecule is O=C(OC(=Cc1nc2ccccc2n1Cc1cccc2ccccc12)c1ccccc1)c1ccccc1. The summed E-state index contributed by atoms with van der Waals surface area (Å²) in [6.07, 6.45) is 1.86. The largest absolute Gasteiger partial charge is 0.422 e. The van der Waals surface area contributed by atoms with Gasteiger partial charge in [-0.05, 0) is 40.6 Å². The standard InChI is InChI=1S/C33H24N2O2/c36-33(26-15-5-2-6-16-26)37-31(25-13-3-1-4-14-25)22-32-34-29-20-9-10-21-30(29)35(32)23-27-18-11-17-24-12-7-8-19-28(24)27/h1-22H,23H2. The van der Waals surface area contributed by atoms with Crippen molar-refractivity contribution in [1.82, 2.24) is 9.55 Å². The van der Waals surface area contributed by atoms with Crippen LogP contribution in [-0.2, 0) is 11.3 Å². The normalized spacial score (nSPS) is 11.6. The quantitative estimate of drug-likeness (QED) is 0.182. The van der Waals surface area contributed by atoms with Gasteiger partial charge in [0.2, 0.25) is 0 Å². The number of rotatable bonds is 6. The number of carbonyl (C=O) groups excluding carboxylic acids is 1. The van der Waals surface area contributed by atoms with E-state index in [1.807, 2.05) is 72.8 Å². The summed E-state index contributed by atoms with van der Waals surface area (Å²) < 4.78 is 8.14. The van der Waals surface area contributed by atoms with Crippen LogP contribution in [0.5, 0.6) is 0 Å². The molecule has 0 bridgehead atoms. The van der Waals surface area contributed by atoms with Gasteiger partial charge in [-0.3, -0.25) is 0 Å². The van der Waals surface area contributed by atoms with E-state index in [-0.39, 0.29) is 0 Å². The third kappa shape index (κ3) is 4.65. The number of imidazole rings is 1. The van der Waals surface area contributed by atoms with Gasteiger partial charge in [-0.25, -0.2) is 9.78 Å². The molecule has 1 heterocycles. The van der Waals surface area contributed by atoms with Gasteiger partial charge in [0.25, 0.3) is 0 Å². The van der Waals surface area contributed by atoms with Crippen LogP contribution in [0.15, 0.2) is 127 Å². The number of hydrogen-bond donors (Lipinski definition) is 0. The summed E-state index contributed by atoms with van der Waals surface area (Å²) in [7, 11) is 0. The molecule has 0 atom stereocenters. The van der Waals surface area contributed by atoms with Crippen LogP contribution in [0, 0.1) is 0 Å². The molecule has 6 rings (SSSR count). The zero-order valence-electron chi connectivity index (χ0n) is 20.1. The van der Waals surface area contributed by atoms with Crippen molar-refractivity contribution in [2.75, 3.05) is 0 Å². The zero-order chi connectivity index (χ0) is 25.0. The molecular formula is C33H24N2O2. The Labute approximate surface area is 215 Å². The molecule has 0 N–H and O–H groups in total. The molecule has 0 aliphatic rings. The maximum atomic E-state index is 13.0. The van der Waals surface area contributed by atoms with Crippen LogP contribution < -0.4 is 0 Å². The first-order valence-electron chi connectivity index (χ1n) is 12.2. The Hall–Kier alpha value is -4.96. The Morgan fingerprint density at radius 2 is 1.35 bits per heavy atom. The van der Waals surface area contributed by atoms with Crippen molar-refractivity contribution in [2.45, 2.75) is 6.54 Å². The fraction of sp³-hybridized carbons (Fsp3) is 0.0303. The minimum atomic E-state index is -0.410. The number of ether oxygens (including phenoxy) is 1. The number of para-hydroxylation sites is 2. The van der Waals surface area contributed by atoms with Crippen LogP contribution in [0.2, 0.25) is 0 Å². The van der Waals surface area contributed by atoms with Gasteiger partial charge < -0.3 is 9.30 Å². The molecule has 0 saturated carbocycles. The number of esters is 1. The predicted molar refractivity (Wildman–Crippen MR) is 149 cm³/mol. The van der Waals surface area contributed by atoms with Crippen molar-refractivity contribution < 1.29 is 9.53 Å². The highest BCUT2D eigenvalue weighted by atomic mass is 16.5. The van der Waals surface area contributed by atoms with Crippen LogP contribution in [-0.4, -0.2) is 15.5 Å². The summed E-state index contributed by atoms with van der Waals surface area (Å²) in [6, 6.07) is 41.5. The second kappa shape index (κ2) is 9.96. The molecule has 178 valence electrons. The van der Waals surface area contributed by atoms with Gasteiger partial charge in [0, 0.05) is 11.6 Å². The molecule has 0 aliphatic carbocycles. The first-order chi connectivity index (χ1) is 18.3. The average Bonchev–Trinajstić information content (AvgIpc) is 3.30. The summed E-state index contributed by atoms with van der Waals surface area (Å²) in [6.45, 7) is 0.627. The second-order valence-electron chi connectivity index (χ2n) is 8.81. The molecule has 6 aromatic rings. The third-order valence-electron chi connectivity index (χ3n) is 6.42. The zero-order valence-corrected chi connectivity index (χ0v) is 20.1. The number of carbonyl (C=O) groups is 1. The van der Waals surface area contributed by atoms with E-state index in [2.05, 4.69) is 53.1 Å². The molecular weight excluding hydrogens is 456 g/mol. The smallest absolute Gasteiger partial charge is 0.343 e. The molecule has 0 radical (unpaired) electrons. The summed E-state index contributed by atoms with van der Waals surface area (Å²) in [4.78, 5) is 18.0. The molecule has 37 heavy (non-hydrogen) atoms. The fourth-order valence-electron chi connectivity index (χ4n) is 4.60. The van der Waals surface area contributed by atoms with Gasteiger partial charge in [0.15, 0.2) is 0 Å². The van der Waals surface area contributed by atoms with Gasteiger partial charge in [-0.15, -0.1) is 0 Å². The maximum Gasteiger partial charge on any atom is 0.343 e. The fourth-order valence-corrected chi connectivity index (χ4v) is 4.60. The summed E-state index contributed by atoms with van der Waals surface area (Å²) in [5.41, 5.74) is 4.39. The first-order valence-corrected chi connectivity index (χ1v) is 12.2. The predicted octanol–water partition coefficient (Wildman–Crippen LogP) is 7.59. The maximum absolute atomic E-state index is 13.0. The van der Waals surface area contributed by atoms with Crippen molar-refractivity contribution in [2.24, 2.45) is 0 Å². The number of hydrogen-bond acceptors (Lipinski definition) is 3. The Morgan fingerprint density at radius 3 is 2.16 bits per heavy atom. The van der Waals surface area contributed by atoms with E-state index in [0.29, 0.717) is 23.7 Å². The lowest BCUT2D eigenvalue weighted by Gasteiger charge is -2.13. The topological polar surface area (TPSA) is 44.1 Å². The molecule has 0 fully saturated rings. The Bertz CT molecular complexity index is 1730. The Balaban J connectivity index is 1.48. The number of fused-ring (bicyclic) bond motifs is 2. The van der Waals surface area contributed by atoms with Crippen LogP contribution in [0.4, 0.5) is 0 Å². The van der Waals surface area contributed by atoms with Crippen LogP contribution in [0.25, 0.3) is 33.6 Å². The lowest BCUT2D eigenvalue weighted by molar-refractivity contribution is 0.0693. The van der Waals surface area contributed by atoms with E-state index < -0.39 is 5.97 Å². The Kier molecular flexibility index (Phi) is 6.05. The number of aromatic nitrogens is 2. The van der Waals surface area contributed by atoms with E-state index in [9.17, 15) is 4.79 Å². The highest BCUT2D eigenvalue weighted by Gasteiger charge is 2.16. The molecule has 0 aliphatic heterocycles. The summed E-state index contributed by atoms with van der Waals surface area (Å²) >= 11 is 0. The highest BCUT2D eigenvalue weighted by molar-refractivity contribution is 5.95. The van der Waals surface area contributed by atoms with E-state index >= 15 is 0 Å². The lowest BCUT2D eigenvalue weighted by Crippen LogP contribution is -2.06. The van der Waals surface area contributed by atoms with E-state index in [1.165, 1.54) is 16.3 Å². The monoisotopic (exact) mass is 480 g/mol. The number of nitrogens with zero attached hydrogens (tertiary/aromatic N) is 2. The number of benzene rings is 5. The van der Waals surface area contributed by atoms with Crippen molar-refractivity contribution in [1.29, 1.82) is 0 Å². The first kappa shape index (κ1) is 22.5. The van der Waals surface area contributed by atoms with Gasteiger partial charge in [-0.1, -0.05) is 103 Å². The Morgan fingerprint density at radius 1 is 0.703 bits per heavy atom. The van der Waals surface area contributed by atoms with Gasteiger partial charge in [0.05, 0.1) is 23.1 Å². The molecule has 0 amide bonds. The summed E-state index contributed by atoms with van der Waals surface area (Å²) in [5, 5.41) is 2.40.